The van der Waals surface area contributed by atoms with Gasteiger partial charge in [0, 0.05) is 27.3 Å². The molecule has 8 nitrogen and oxygen atoms in total. The molecule has 1 amide bonds. The minimum Gasteiger partial charge on any atom is -0.347 e. The lowest BCUT2D eigenvalue weighted by Crippen LogP contribution is -2.37. The molecule has 23 heavy (non-hydrogen) atoms. The van der Waals surface area contributed by atoms with Gasteiger partial charge in [-0.05, 0) is 18.2 Å². The number of hydrogen-bond donors (Lipinski definition) is 1. The van der Waals surface area contributed by atoms with Crippen molar-refractivity contribution in [1.82, 2.24) is 18.7 Å². The fraction of sp³-hybridized carbons (Fsp3) is 0.200. The zero-order valence-electron chi connectivity index (χ0n) is 12.9. The van der Waals surface area contributed by atoms with E-state index in [0.717, 1.165) is 4.57 Å². The molecule has 0 atom stereocenters. The maximum absolute atomic E-state index is 12.2. The second-order valence-corrected chi connectivity index (χ2v) is 5.26. The lowest BCUT2D eigenvalue weighted by atomic mass is 10.3. The zero-order chi connectivity index (χ0) is 16.7. The van der Waals surface area contributed by atoms with Gasteiger partial charge in [0.2, 0.25) is 0 Å². The fourth-order valence-corrected chi connectivity index (χ4v) is 2.43. The van der Waals surface area contributed by atoms with Crippen LogP contribution >= 0.6 is 0 Å². The van der Waals surface area contributed by atoms with E-state index in [2.05, 4.69) is 10.3 Å². The first-order valence-electron chi connectivity index (χ1n) is 6.88. The minimum absolute atomic E-state index is 0.263. The molecule has 0 aliphatic carbocycles. The number of pyridine rings is 1. The molecule has 3 aromatic heterocycles. The second kappa shape index (κ2) is 5.24. The highest BCUT2D eigenvalue weighted by Gasteiger charge is 2.13. The summed E-state index contributed by atoms with van der Waals surface area (Å²) >= 11 is 0. The van der Waals surface area contributed by atoms with Crippen LogP contribution in [0.2, 0.25) is 0 Å². The Morgan fingerprint density at radius 1 is 1.17 bits per heavy atom. The van der Waals surface area contributed by atoms with E-state index in [9.17, 15) is 14.4 Å². The molecule has 0 aliphatic rings. The molecule has 0 aromatic carbocycles. The van der Waals surface area contributed by atoms with Crippen molar-refractivity contribution in [3.63, 3.8) is 0 Å². The molecule has 1 N–H and O–H groups in total. The summed E-state index contributed by atoms with van der Waals surface area (Å²) in [5, 5.41) is 2.96. The molecule has 0 aliphatic heterocycles. The third-order valence-electron chi connectivity index (χ3n) is 3.73. The minimum atomic E-state index is -0.453. The molecule has 0 saturated carbocycles. The Morgan fingerprint density at radius 2 is 1.91 bits per heavy atom. The topological polar surface area (TPSA) is 90.9 Å². The Morgan fingerprint density at radius 3 is 2.57 bits per heavy atom. The van der Waals surface area contributed by atoms with E-state index < -0.39 is 11.2 Å². The van der Waals surface area contributed by atoms with E-state index in [0.29, 0.717) is 11.4 Å². The number of aryl methyl sites for hydroxylation is 2. The summed E-state index contributed by atoms with van der Waals surface area (Å²) in [6.07, 6.45) is 3.18. The first-order chi connectivity index (χ1) is 10.9. The molecule has 118 valence electrons. The molecule has 3 rings (SSSR count). The number of hydrogen-bond acceptors (Lipinski definition) is 4. The average Bonchev–Trinajstić information content (AvgIpc) is 2.97. The first kappa shape index (κ1) is 14.8. The van der Waals surface area contributed by atoms with Crippen molar-refractivity contribution >= 4 is 22.6 Å². The van der Waals surface area contributed by atoms with Gasteiger partial charge in [0.05, 0.1) is 17.3 Å². The van der Waals surface area contributed by atoms with Crippen LogP contribution in [0.4, 0.5) is 5.69 Å². The summed E-state index contributed by atoms with van der Waals surface area (Å²) < 4.78 is 3.99. The molecule has 0 spiro atoms. The molecule has 0 radical (unpaired) electrons. The van der Waals surface area contributed by atoms with Gasteiger partial charge < -0.3 is 9.88 Å². The number of carbonyl (C=O) groups is 1. The number of nitrogens with one attached hydrogen (secondary N) is 1. The van der Waals surface area contributed by atoms with Crippen molar-refractivity contribution in [2.45, 2.75) is 0 Å². The molecule has 3 heterocycles. The van der Waals surface area contributed by atoms with Gasteiger partial charge in [-0.1, -0.05) is 0 Å². The summed E-state index contributed by atoms with van der Waals surface area (Å²) in [5.41, 5.74) is 0.244. The van der Waals surface area contributed by atoms with Gasteiger partial charge in [-0.15, -0.1) is 0 Å². The number of rotatable bonds is 2. The highest BCUT2D eigenvalue weighted by atomic mass is 16.2. The van der Waals surface area contributed by atoms with E-state index in [1.54, 1.807) is 37.0 Å². The molecule has 3 aromatic rings. The average molecular weight is 313 g/mol. The van der Waals surface area contributed by atoms with Crippen LogP contribution in [0.5, 0.6) is 0 Å². The van der Waals surface area contributed by atoms with Crippen LogP contribution in [0.3, 0.4) is 0 Å². The monoisotopic (exact) mass is 313 g/mol. The Labute approximate surface area is 130 Å². The highest BCUT2D eigenvalue weighted by Crippen LogP contribution is 2.13. The van der Waals surface area contributed by atoms with Crippen LogP contribution in [-0.2, 0) is 21.1 Å². The molecule has 0 fully saturated rings. The van der Waals surface area contributed by atoms with E-state index in [1.165, 1.54) is 23.9 Å². The van der Waals surface area contributed by atoms with Gasteiger partial charge in [0.25, 0.3) is 11.5 Å². The van der Waals surface area contributed by atoms with Gasteiger partial charge >= 0.3 is 5.69 Å². The predicted molar refractivity (Wildman–Crippen MR) is 85.6 cm³/mol. The smallest absolute Gasteiger partial charge is 0.332 e. The van der Waals surface area contributed by atoms with Crippen molar-refractivity contribution in [2.24, 2.45) is 21.1 Å². The standard InChI is InChI=1S/C15H15N5O3/c1-18-6-4-5-11(18)13(21)17-9-7-10-12(16-8-9)19(2)15(23)20(3)14(10)22/h4-8H,1-3H3,(H,17,21). The molecule has 0 bridgehead atoms. The Kier molecular flexibility index (Phi) is 3.36. The van der Waals surface area contributed by atoms with Crippen molar-refractivity contribution in [3.8, 4) is 0 Å². The Hall–Kier alpha value is -3.16. The third kappa shape index (κ3) is 2.33. The quantitative estimate of drug-likeness (QED) is 0.733. The van der Waals surface area contributed by atoms with Gasteiger partial charge in [0.1, 0.15) is 11.3 Å². The molecular formula is C15H15N5O3. The van der Waals surface area contributed by atoms with Crippen molar-refractivity contribution in [3.05, 3.63) is 57.1 Å². The van der Waals surface area contributed by atoms with Gasteiger partial charge in [-0.25, -0.2) is 9.78 Å². The van der Waals surface area contributed by atoms with Crippen LogP contribution in [0.25, 0.3) is 11.0 Å². The van der Waals surface area contributed by atoms with Crippen molar-refractivity contribution in [2.75, 3.05) is 5.32 Å². The third-order valence-corrected chi connectivity index (χ3v) is 3.73. The normalized spacial score (nSPS) is 10.9. The number of anilines is 1. The van der Waals surface area contributed by atoms with E-state index in [-0.39, 0.29) is 16.9 Å². The number of carbonyl (C=O) groups excluding carboxylic acids is 1. The van der Waals surface area contributed by atoms with Crippen LogP contribution in [0.1, 0.15) is 10.5 Å². The lowest BCUT2D eigenvalue weighted by molar-refractivity contribution is 0.101. The van der Waals surface area contributed by atoms with Gasteiger partial charge in [-0.3, -0.25) is 18.7 Å². The lowest BCUT2D eigenvalue weighted by Gasteiger charge is -2.09. The van der Waals surface area contributed by atoms with Crippen LogP contribution in [0, 0.1) is 0 Å². The second-order valence-electron chi connectivity index (χ2n) is 5.26. The molecule has 8 heteroatoms. The van der Waals surface area contributed by atoms with Crippen molar-refractivity contribution in [1.29, 1.82) is 0 Å². The van der Waals surface area contributed by atoms with E-state index in [4.69, 9.17) is 0 Å². The number of nitrogens with zero attached hydrogens (tertiary/aromatic N) is 4. The highest BCUT2D eigenvalue weighted by molar-refractivity contribution is 6.03. The summed E-state index contributed by atoms with van der Waals surface area (Å²) in [7, 11) is 4.71. The summed E-state index contributed by atoms with van der Waals surface area (Å²) in [6, 6.07) is 4.97. The maximum atomic E-state index is 12.2. The van der Waals surface area contributed by atoms with E-state index in [1.807, 2.05) is 0 Å². The largest absolute Gasteiger partial charge is 0.347 e. The molecule has 0 saturated heterocycles. The number of amides is 1. The van der Waals surface area contributed by atoms with Crippen LogP contribution in [-0.4, -0.2) is 24.6 Å². The van der Waals surface area contributed by atoms with E-state index >= 15 is 0 Å². The Balaban J connectivity index is 2.08. The zero-order valence-corrected chi connectivity index (χ0v) is 12.9. The SMILES string of the molecule is Cn1cccc1C(=O)Nc1cnc2c(c1)c(=O)n(C)c(=O)n2C. The maximum Gasteiger partial charge on any atom is 0.332 e. The van der Waals surface area contributed by atoms with Crippen molar-refractivity contribution < 1.29 is 4.79 Å². The molecule has 0 unspecified atom stereocenters. The number of aromatic nitrogens is 4. The van der Waals surface area contributed by atoms with Crippen LogP contribution < -0.4 is 16.6 Å². The Bertz CT molecular complexity index is 1040. The first-order valence-corrected chi connectivity index (χ1v) is 6.88. The fourth-order valence-electron chi connectivity index (χ4n) is 2.43. The summed E-state index contributed by atoms with van der Waals surface area (Å²) in [4.78, 5) is 40.4. The summed E-state index contributed by atoms with van der Waals surface area (Å²) in [6.45, 7) is 0. The summed E-state index contributed by atoms with van der Waals surface area (Å²) in [5.74, 6) is -0.305. The molecular weight excluding hydrogens is 298 g/mol. The van der Waals surface area contributed by atoms with Gasteiger partial charge in [0.15, 0.2) is 0 Å². The number of fused-ring (bicyclic) bond motifs is 1. The predicted octanol–water partition coefficient (Wildman–Crippen LogP) is 0.223. The van der Waals surface area contributed by atoms with Gasteiger partial charge in [-0.2, -0.15) is 0 Å². The van der Waals surface area contributed by atoms with Crippen LogP contribution in [0.15, 0.2) is 40.2 Å².